The van der Waals surface area contributed by atoms with Crippen molar-refractivity contribution in [2.24, 2.45) is 0 Å². The summed E-state index contributed by atoms with van der Waals surface area (Å²) in [5, 5.41) is 2.91. The number of benzene rings is 1. The zero-order valence-electron chi connectivity index (χ0n) is 12.9. The number of hydrogen-bond donors (Lipinski definition) is 1. The van der Waals surface area contributed by atoms with Crippen LogP contribution < -0.4 is 10.1 Å². The highest BCUT2D eigenvalue weighted by Crippen LogP contribution is 2.37. The summed E-state index contributed by atoms with van der Waals surface area (Å²) in [5.74, 6) is 7.05. The van der Waals surface area contributed by atoms with E-state index in [1.165, 1.54) is 0 Å². The summed E-state index contributed by atoms with van der Waals surface area (Å²) >= 11 is 0. The van der Waals surface area contributed by atoms with Crippen LogP contribution in [0.15, 0.2) is 23.8 Å². The number of carbonyl (C=O) groups excluding carboxylic acids is 1. The summed E-state index contributed by atoms with van der Waals surface area (Å²) < 4.78 is 5.26. The first kappa shape index (κ1) is 15.2. The predicted octanol–water partition coefficient (Wildman–Crippen LogP) is 4.00. The lowest BCUT2D eigenvalue weighted by Gasteiger charge is -2.05. The van der Waals surface area contributed by atoms with Crippen molar-refractivity contribution in [1.29, 1.82) is 0 Å². The third-order valence-electron chi connectivity index (χ3n) is 3.39. The monoisotopic (exact) mass is 283 g/mol. The molecule has 0 aromatic heterocycles. The predicted molar refractivity (Wildman–Crippen MR) is 86.1 cm³/mol. The number of fused-ring (bicyclic) bond motifs is 1. The van der Waals surface area contributed by atoms with E-state index in [1.807, 2.05) is 18.2 Å². The maximum Gasteiger partial charge on any atom is 0.257 e. The van der Waals surface area contributed by atoms with Gasteiger partial charge in [-0.15, -0.1) is 0 Å². The third kappa shape index (κ3) is 3.28. The largest absolute Gasteiger partial charge is 0.497 e. The lowest BCUT2D eigenvalue weighted by Crippen LogP contribution is -2.05. The van der Waals surface area contributed by atoms with Crippen molar-refractivity contribution in [1.82, 2.24) is 0 Å². The summed E-state index contributed by atoms with van der Waals surface area (Å²) in [7, 11) is 1.63. The van der Waals surface area contributed by atoms with Gasteiger partial charge in [-0.1, -0.05) is 32.1 Å². The van der Waals surface area contributed by atoms with Gasteiger partial charge in [0.05, 0.1) is 12.7 Å². The number of nitrogens with one attached hydrogen (secondary N) is 1. The van der Waals surface area contributed by atoms with Crippen molar-refractivity contribution in [2.45, 2.75) is 39.5 Å². The van der Waals surface area contributed by atoms with Gasteiger partial charge < -0.3 is 10.1 Å². The molecule has 0 bridgehead atoms. The minimum absolute atomic E-state index is 0.0625. The van der Waals surface area contributed by atoms with Crippen molar-refractivity contribution >= 4 is 17.2 Å². The molecule has 21 heavy (non-hydrogen) atoms. The Kier molecular flexibility index (Phi) is 5.05. The van der Waals surface area contributed by atoms with Crippen molar-refractivity contribution in [2.75, 3.05) is 12.4 Å². The second-order valence-electron chi connectivity index (χ2n) is 5.02. The van der Waals surface area contributed by atoms with Crippen LogP contribution in [0.5, 0.6) is 5.75 Å². The molecule has 0 fully saturated rings. The molecule has 1 aliphatic heterocycles. The Labute approximate surface area is 126 Å². The van der Waals surface area contributed by atoms with E-state index in [2.05, 4.69) is 31.0 Å². The zero-order valence-corrected chi connectivity index (χ0v) is 12.9. The molecule has 110 valence electrons. The second kappa shape index (κ2) is 6.99. The first-order valence-electron chi connectivity index (χ1n) is 7.43. The molecule has 3 nitrogen and oxygen atoms in total. The van der Waals surface area contributed by atoms with Crippen LogP contribution in [0, 0.1) is 11.8 Å². The standard InChI is InChI=1S/C18H21NO2/c1-4-6-7-9-13(8-5-2)17-15-12-14(21-3)10-11-16(15)19-18(17)20/h10-12H,4-6,8H2,1-3H3,(H,19,20)/b17-13+. The average molecular weight is 283 g/mol. The Hall–Kier alpha value is -2.21. The van der Waals surface area contributed by atoms with Gasteiger partial charge >= 0.3 is 0 Å². The van der Waals surface area contributed by atoms with E-state index in [0.29, 0.717) is 5.57 Å². The quantitative estimate of drug-likeness (QED) is 0.670. The number of rotatable bonds is 4. The molecule has 2 rings (SSSR count). The molecule has 0 aliphatic carbocycles. The number of amides is 1. The second-order valence-corrected chi connectivity index (χ2v) is 5.02. The highest BCUT2D eigenvalue weighted by Gasteiger charge is 2.27. The molecule has 1 N–H and O–H groups in total. The van der Waals surface area contributed by atoms with Crippen LogP contribution in [0.3, 0.4) is 0 Å². The number of unbranched alkanes of at least 4 members (excludes halogenated alkanes) is 1. The SMILES string of the molecule is CCCC#C/C(CCC)=C1/C(=O)Nc2ccc(OC)cc21. The van der Waals surface area contributed by atoms with Crippen molar-refractivity contribution in [3.05, 3.63) is 29.3 Å². The first-order chi connectivity index (χ1) is 10.2. The summed E-state index contributed by atoms with van der Waals surface area (Å²) in [6, 6.07) is 5.63. The lowest BCUT2D eigenvalue weighted by atomic mass is 9.98. The topological polar surface area (TPSA) is 38.3 Å². The maximum atomic E-state index is 12.3. The van der Waals surface area contributed by atoms with Gasteiger partial charge in [0.1, 0.15) is 5.75 Å². The molecule has 0 saturated heterocycles. The lowest BCUT2D eigenvalue weighted by molar-refractivity contribution is -0.110. The number of allylic oxidation sites excluding steroid dienone is 1. The Morgan fingerprint density at radius 3 is 2.76 bits per heavy atom. The molecule has 1 aromatic rings. The molecule has 0 saturated carbocycles. The minimum Gasteiger partial charge on any atom is -0.497 e. The normalized spacial score (nSPS) is 14.9. The number of methoxy groups -OCH3 is 1. The first-order valence-corrected chi connectivity index (χ1v) is 7.43. The highest BCUT2D eigenvalue weighted by molar-refractivity contribution is 6.32. The molecule has 3 heteroatoms. The van der Waals surface area contributed by atoms with E-state index < -0.39 is 0 Å². The van der Waals surface area contributed by atoms with Gasteiger partial charge in [0.15, 0.2) is 0 Å². The van der Waals surface area contributed by atoms with Crippen LogP contribution in [-0.4, -0.2) is 13.0 Å². The Bertz CT molecular complexity index is 632. The molecule has 0 atom stereocenters. The van der Waals surface area contributed by atoms with E-state index in [-0.39, 0.29) is 5.91 Å². The van der Waals surface area contributed by atoms with Crippen LogP contribution >= 0.6 is 0 Å². The molecular formula is C18H21NO2. The van der Waals surface area contributed by atoms with Crippen LogP contribution in [0.4, 0.5) is 5.69 Å². The van der Waals surface area contributed by atoms with Gasteiger partial charge in [0.25, 0.3) is 5.91 Å². The van der Waals surface area contributed by atoms with Crippen molar-refractivity contribution in [3.8, 4) is 17.6 Å². The van der Waals surface area contributed by atoms with E-state index in [4.69, 9.17) is 4.74 Å². The molecule has 0 unspecified atom stereocenters. The number of ether oxygens (including phenoxy) is 1. The van der Waals surface area contributed by atoms with Crippen molar-refractivity contribution < 1.29 is 9.53 Å². The van der Waals surface area contributed by atoms with Crippen molar-refractivity contribution in [3.63, 3.8) is 0 Å². The third-order valence-corrected chi connectivity index (χ3v) is 3.39. The van der Waals surface area contributed by atoms with Gasteiger partial charge in [0.2, 0.25) is 0 Å². The summed E-state index contributed by atoms with van der Waals surface area (Å²) in [6.45, 7) is 4.20. The molecule has 0 radical (unpaired) electrons. The van der Waals surface area contributed by atoms with Crippen LogP contribution in [-0.2, 0) is 4.79 Å². The van der Waals surface area contributed by atoms with Crippen LogP contribution in [0.1, 0.15) is 45.1 Å². The van der Waals surface area contributed by atoms with Gasteiger partial charge in [-0.05, 0) is 31.0 Å². The van der Waals surface area contributed by atoms with Gasteiger partial charge in [-0.3, -0.25) is 4.79 Å². The van der Waals surface area contributed by atoms with Gasteiger partial charge in [0, 0.05) is 23.2 Å². The fraction of sp³-hybridized carbons (Fsp3) is 0.389. The number of hydrogen-bond acceptors (Lipinski definition) is 2. The van der Waals surface area contributed by atoms with E-state index in [0.717, 1.165) is 48.3 Å². The summed E-state index contributed by atoms with van der Waals surface area (Å²) in [6.07, 6.45) is 3.66. The van der Waals surface area contributed by atoms with Crippen LogP contribution in [0.2, 0.25) is 0 Å². The Morgan fingerprint density at radius 2 is 2.10 bits per heavy atom. The van der Waals surface area contributed by atoms with Gasteiger partial charge in [-0.2, -0.15) is 0 Å². The Morgan fingerprint density at radius 1 is 1.29 bits per heavy atom. The molecule has 1 heterocycles. The fourth-order valence-corrected chi connectivity index (χ4v) is 2.37. The van der Waals surface area contributed by atoms with E-state index >= 15 is 0 Å². The Balaban J connectivity index is 2.52. The molecule has 1 amide bonds. The molecule has 1 aromatic carbocycles. The van der Waals surface area contributed by atoms with E-state index in [9.17, 15) is 4.79 Å². The summed E-state index contributed by atoms with van der Waals surface area (Å²) in [4.78, 5) is 12.3. The number of carbonyl (C=O) groups is 1. The minimum atomic E-state index is -0.0625. The van der Waals surface area contributed by atoms with Crippen LogP contribution in [0.25, 0.3) is 5.57 Å². The van der Waals surface area contributed by atoms with E-state index in [1.54, 1.807) is 7.11 Å². The molecule has 0 spiro atoms. The zero-order chi connectivity index (χ0) is 15.2. The maximum absolute atomic E-state index is 12.3. The summed E-state index contributed by atoms with van der Waals surface area (Å²) in [5.41, 5.74) is 3.36. The molecule has 1 aliphatic rings. The van der Waals surface area contributed by atoms with Gasteiger partial charge in [-0.25, -0.2) is 0 Å². The smallest absolute Gasteiger partial charge is 0.257 e. The molecular weight excluding hydrogens is 262 g/mol. The fourth-order valence-electron chi connectivity index (χ4n) is 2.37. The highest BCUT2D eigenvalue weighted by atomic mass is 16.5. The average Bonchev–Trinajstić information content (AvgIpc) is 2.81. The number of anilines is 1.